The number of furan rings is 1. The Balaban J connectivity index is 1.46. The van der Waals surface area contributed by atoms with Gasteiger partial charge in [-0.3, -0.25) is 4.79 Å². The van der Waals surface area contributed by atoms with Crippen LogP contribution in [0.4, 0.5) is 0 Å². The second-order valence-electron chi connectivity index (χ2n) is 6.92. The molecular weight excluding hydrogens is 667 g/mol. The minimum absolute atomic E-state index is 0.182. The van der Waals surface area contributed by atoms with Crippen LogP contribution in [0.3, 0.4) is 0 Å². The van der Waals surface area contributed by atoms with Crippen LogP contribution in [-0.2, 0) is 6.61 Å². The zero-order chi connectivity index (χ0) is 23.4. The molecule has 6 nitrogen and oxygen atoms in total. The molecule has 1 aromatic heterocycles. The maximum absolute atomic E-state index is 12.5. The number of hydrazone groups is 1. The van der Waals surface area contributed by atoms with Crippen molar-refractivity contribution in [3.63, 3.8) is 0 Å². The molecule has 4 rings (SSSR count). The van der Waals surface area contributed by atoms with Crippen LogP contribution in [0, 0.1) is 3.57 Å². The SMILES string of the molecule is COc1cc(/C=N\NC(=O)c2cc3cc(Br)cc(I)c3o2)cc(Br)c1OCc1ccccc1. The van der Waals surface area contributed by atoms with Gasteiger partial charge in [0.2, 0.25) is 0 Å². The van der Waals surface area contributed by atoms with E-state index in [0.29, 0.717) is 33.7 Å². The maximum atomic E-state index is 12.5. The summed E-state index contributed by atoms with van der Waals surface area (Å²) in [5.41, 5.74) is 4.92. The maximum Gasteiger partial charge on any atom is 0.307 e. The smallest absolute Gasteiger partial charge is 0.307 e. The number of fused-ring (bicyclic) bond motifs is 1. The predicted octanol–water partition coefficient (Wildman–Crippen LogP) is 6.91. The molecule has 0 aliphatic heterocycles. The monoisotopic (exact) mass is 682 g/mol. The number of carbonyl (C=O) groups excluding carboxylic acids is 1. The van der Waals surface area contributed by atoms with Crippen LogP contribution in [0.5, 0.6) is 11.5 Å². The lowest BCUT2D eigenvalue weighted by atomic mass is 10.2. The normalized spacial score (nSPS) is 11.2. The fourth-order valence-electron chi connectivity index (χ4n) is 3.09. The van der Waals surface area contributed by atoms with Crippen LogP contribution >= 0.6 is 54.5 Å². The summed E-state index contributed by atoms with van der Waals surface area (Å²) >= 11 is 9.14. The Morgan fingerprint density at radius 1 is 1.15 bits per heavy atom. The summed E-state index contributed by atoms with van der Waals surface area (Å²) in [6, 6.07) is 19.0. The molecule has 0 fully saturated rings. The average Bonchev–Trinajstić information content (AvgIpc) is 3.23. The second kappa shape index (κ2) is 10.7. The van der Waals surface area contributed by atoms with Crippen molar-refractivity contribution in [2.45, 2.75) is 6.61 Å². The Morgan fingerprint density at radius 3 is 2.70 bits per heavy atom. The fourth-order valence-corrected chi connectivity index (χ4v) is 5.33. The number of hydrogen-bond donors (Lipinski definition) is 1. The minimum atomic E-state index is -0.441. The van der Waals surface area contributed by atoms with Gasteiger partial charge in [-0.2, -0.15) is 5.10 Å². The van der Waals surface area contributed by atoms with Gasteiger partial charge in [-0.25, -0.2) is 5.43 Å². The van der Waals surface area contributed by atoms with Gasteiger partial charge in [0.25, 0.3) is 0 Å². The number of benzene rings is 3. The zero-order valence-corrected chi connectivity index (χ0v) is 22.6. The van der Waals surface area contributed by atoms with E-state index in [1.165, 1.54) is 6.21 Å². The number of nitrogens with one attached hydrogen (secondary N) is 1. The molecule has 3 aromatic carbocycles. The van der Waals surface area contributed by atoms with Gasteiger partial charge in [-0.05, 0) is 80.0 Å². The molecule has 4 aromatic rings. The van der Waals surface area contributed by atoms with E-state index in [-0.39, 0.29) is 5.76 Å². The molecule has 1 heterocycles. The Hall–Kier alpha value is -2.37. The zero-order valence-electron chi connectivity index (χ0n) is 17.3. The molecule has 0 saturated heterocycles. The molecular formula is C24H17Br2IN2O4. The molecule has 0 aliphatic rings. The van der Waals surface area contributed by atoms with Crippen molar-refractivity contribution in [1.29, 1.82) is 0 Å². The fraction of sp³-hybridized carbons (Fsp3) is 0.0833. The predicted molar refractivity (Wildman–Crippen MR) is 143 cm³/mol. The van der Waals surface area contributed by atoms with E-state index in [4.69, 9.17) is 13.9 Å². The largest absolute Gasteiger partial charge is 0.493 e. The first-order chi connectivity index (χ1) is 15.9. The third-order valence-electron chi connectivity index (χ3n) is 4.62. The van der Waals surface area contributed by atoms with Crippen molar-refractivity contribution in [3.05, 3.63) is 90.1 Å². The standard InChI is InChI=1S/C24H17Br2IN2O4/c1-31-20-8-15(7-18(26)23(20)32-13-14-5-3-2-4-6-14)12-28-29-24(30)21-10-16-9-17(25)11-19(27)22(16)33-21/h2-12H,13H2,1H3,(H,29,30)/b28-12-. The first-order valence-electron chi connectivity index (χ1n) is 9.71. The van der Waals surface area contributed by atoms with Gasteiger partial charge in [0.05, 0.1) is 21.4 Å². The molecule has 0 atom stereocenters. The third kappa shape index (κ3) is 5.77. The van der Waals surface area contributed by atoms with Gasteiger partial charge >= 0.3 is 5.91 Å². The molecule has 0 unspecified atom stereocenters. The second-order valence-corrected chi connectivity index (χ2v) is 9.86. The number of halogens is 3. The van der Waals surface area contributed by atoms with Gasteiger partial charge < -0.3 is 13.9 Å². The van der Waals surface area contributed by atoms with E-state index in [2.05, 4.69) is 65.0 Å². The van der Waals surface area contributed by atoms with Crippen LogP contribution in [0.2, 0.25) is 0 Å². The lowest BCUT2D eigenvalue weighted by molar-refractivity contribution is 0.0929. The number of amides is 1. The number of rotatable bonds is 7. The summed E-state index contributed by atoms with van der Waals surface area (Å²) in [7, 11) is 1.57. The van der Waals surface area contributed by atoms with Crippen molar-refractivity contribution in [2.75, 3.05) is 7.11 Å². The highest BCUT2D eigenvalue weighted by atomic mass is 127. The Kier molecular flexibility index (Phi) is 7.71. The van der Waals surface area contributed by atoms with Crippen molar-refractivity contribution in [2.24, 2.45) is 5.10 Å². The molecule has 9 heteroatoms. The highest BCUT2D eigenvalue weighted by molar-refractivity contribution is 14.1. The number of methoxy groups -OCH3 is 1. The summed E-state index contributed by atoms with van der Waals surface area (Å²) in [6.07, 6.45) is 1.52. The Labute approximate surface area is 220 Å². The van der Waals surface area contributed by atoms with E-state index in [0.717, 1.165) is 19.0 Å². The van der Waals surface area contributed by atoms with E-state index < -0.39 is 5.91 Å². The van der Waals surface area contributed by atoms with Crippen molar-refractivity contribution < 1.29 is 18.7 Å². The van der Waals surface area contributed by atoms with Gasteiger partial charge in [0.1, 0.15) is 12.2 Å². The van der Waals surface area contributed by atoms with Crippen LogP contribution in [0.1, 0.15) is 21.7 Å². The number of carbonyl (C=O) groups is 1. The van der Waals surface area contributed by atoms with E-state index in [9.17, 15) is 4.79 Å². The average molecular weight is 684 g/mol. The Morgan fingerprint density at radius 2 is 1.94 bits per heavy atom. The van der Waals surface area contributed by atoms with Crippen LogP contribution in [0.15, 0.2) is 79.1 Å². The van der Waals surface area contributed by atoms with Crippen molar-refractivity contribution in [1.82, 2.24) is 5.43 Å². The lowest BCUT2D eigenvalue weighted by Gasteiger charge is -2.13. The van der Waals surface area contributed by atoms with Gasteiger partial charge in [-0.1, -0.05) is 46.3 Å². The molecule has 1 N–H and O–H groups in total. The van der Waals surface area contributed by atoms with Crippen LogP contribution < -0.4 is 14.9 Å². The minimum Gasteiger partial charge on any atom is -0.493 e. The molecule has 0 radical (unpaired) electrons. The number of ether oxygens (including phenoxy) is 2. The number of nitrogens with zero attached hydrogens (tertiary/aromatic N) is 1. The van der Waals surface area contributed by atoms with Gasteiger partial charge in [0.15, 0.2) is 17.3 Å². The molecule has 0 saturated carbocycles. The van der Waals surface area contributed by atoms with Gasteiger partial charge in [0, 0.05) is 9.86 Å². The Bertz CT molecular complexity index is 1340. The topological polar surface area (TPSA) is 73.1 Å². The highest BCUT2D eigenvalue weighted by Crippen LogP contribution is 2.37. The quantitative estimate of drug-likeness (QED) is 0.131. The molecule has 0 bridgehead atoms. The number of hydrogen-bond acceptors (Lipinski definition) is 5. The summed E-state index contributed by atoms with van der Waals surface area (Å²) in [5.74, 6) is 0.876. The summed E-state index contributed by atoms with van der Waals surface area (Å²) in [5, 5.41) is 4.89. The molecule has 0 aliphatic carbocycles. The van der Waals surface area contributed by atoms with E-state index in [1.54, 1.807) is 19.2 Å². The van der Waals surface area contributed by atoms with E-state index >= 15 is 0 Å². The summed E-state index contributed by atoms with van der Waals surface area (Å²) in [6.45, 7) is 0.409. The summed E-state index contributed by atoms with van der Waals surface area (Å²) in [4.78, 5) is 12.5. The van der Waals surface area contributed by atoms with Crippen LogP contribution in [0.25, 0.3) is 11.0 Å². The van der Waals surface area contributed by atoms with Crippen molar-refractivity contribution in [3.8, 4) is 11.5 Å². The summed E-state index contributed by atoms with van der Waals surface area (Å²) < 4.78 is 19.7. The van der Waals surface area contributed by atoms with E-state index in [1.807, 2.05) is 48.5 Å². The highest BCUT2D eigenvalue weighted by Gasteiger charge is 2.15. The molecule has 168 valence electrons. The molecule has 0 spiro atoms. The molecule has 1 amide bonds. The lowest BCUT2D eigenvalue weighted by Crippen LogP contribution is -2.16. The first kappa shape index (κ1) is 23.8. The van der Waals surface area contributed by atoms with Gasteiger partial charge in [-0.15, -0.1) is 0 Å². The first-order valence-corrected chi connectivity index (χ1v) is 12.4. The third-order valence-corrected chi connectivity index (χ3v) is 6.47. The molecule has 33 heavy (non-hydrogen) atoms. The van der Waals surface area contributed by atoms with Crippen molar-refractivity contribution >= 4 is 77.5 Å². The van der Waals surface area contributed by atoms with Crippen LogP contribution in [-0.4, -0.2) is 19.2 Å².